The first-order valence-electron chi connectivity index (χ1n) is 4.69. The number of halogens is 1. The van der Waals surface area contributed by atoms with E-state index in [0.717, 1.165) is 0 Å². The summed E-state index contributed by atoms with van der Waals surface area (Å²) in [5.41, 5.74) is 0.638. The molecule has 84 valence electrons. The summed E-state index contributed by atoms with van der Waals surface area (Å²) in [6, 6.07) is 1.69. The van der Waals surface area contributed by atoms with Crippen LogP contribution in [0, 0.1) is 0 Å². The van der Waals surface area contributed by atoms with Gasteiger partial charge >= 0.3 is 0 Å². The normalized spacial score (nSPS) is 12.6. The van der Waals surface area contributed by atoms with Crippen molar-refractivity contribution >= 4 is 17.4 Å². The van der Waals surface area contributed by atoms with Gasteiger partial charge in [0.1, 0.15) is 5.82 Å². The second-order valence-corrected chi connectivity index (χ2v) is 3.84. The van der Waals surface area contributed by atoms with E-state index >= 15 is 0 Å². The van der Waals surface area contributed by atoms with Gasteiger partial charge in [-0.3, -0.25) is 0 Å². The van der Waals surface area contributed by atoms with Gasteiger partial charge in [-0.15, -0.1) is 0 Å². The van der Waals surface area contributed by atoms with Crippen molar-refractivity contribution in [3.63, 3.8) is 0 Å². The third kappa shape index (κ3) is 2.81. The Labute approximate surface area is 94.1 Å². The number of pyridine rings is 1. The van der Waals surface area contributed by atoms with Crippen molar-refractivity contribution in [2.45, 2.75) is 19.6 Å². The van der Waals surface area contributed by atoms with Crippen LogP contribution in [0.3, 0.4) is 0 Å². The van der Waals surface area contributed by atoms with Gasteiger partial charge in [-0.05, 0) is 13.0 Å². The van der Waals surface area contributed by atoms with Crippen molar-refractivity contribution in [3.8, 4) is 0 Å². The van der Waals surface area contributed by atoms with E-state index in [1.807, 2.05) is 18.9 Å². The molecule has 0 spiro atoms. The molecule has 1 atom stereocenters. The zero-order chi connectivity index (χ0) is 11.4. The number of aliphatic hydroxyl groups excluding tert-OH is 2. The Hall–Kier alpha value is -0.840. The first kappa shape index (κ1) is 12.2. The van der Waals surface area contributed by atoms with Crippen LogP contribution in [0.15, 0.2) is 12.3 Å². The Kier molecular flexibility index (Phi) is 4.32. The highest BCUT2D eigenvalue weighted by atomic mass is 35.5. The Morgan fingerprint density at radius 2 is 2.20 bits per heavy atom. The van der Waals surface area contributed by atoms with E-state index in [4.69, 9.17) is 21.8 Å². The number of hydrogen-bond acceptors (Lipinski definition) is 4. The van der Waals surface area contributed by atoms with Crippen LogP contribution < -0.4 is 4.90 Å². The highest BCUT2D eigenvalue weighted by Gasteiger charge is 2.11. The quantitative estimate of drug-likeness (QED) is 0.812. The monoisotopic (exact) mass is 230 g/mol. The molecule has 1 heterocycles. The molecule has 5 heteroatoms. The van der Waals surface area contributed by atoms with Gasteiger partial charge in [-0.2, -0.15) is 0 Å². The fourth-order valence-electron chi connectivity index (χ4n) is 1.13. The van der Waals surface area contributed by atoms with Crippen LogP contribution >= 0.6 is 11.6 Å². The highest BCUT2D eigenvalue weighted by molar-refractivity contribution is 6.31. The number of likely N-dealkylation sites (N-methyl/N-ethyl adjacent to an activating group) is 1. The molecule has 1 aromatic heterocycles. The van der Waals surface area contributed by atoms with Gasteiger partial charge in [0, 0.05) is 18.8 Å². The zero-order valence-corrected chi connectivity index (χ0v) is 9.57. The average Bonchev–Trinajstić information content (AvgIpc) is 2.27. The summed E-state index contributed by atoms with van der Waals surface area (Å²) in [5.74, 6) is 0.685. The van der Waals surface area contributed by atoms with E-state index < -0.39 is 0 Å². The Balaban J connectivity index is 2.95. The van der Waals surface area contributed by atoms with Crippen LogP contribution in [0.2, 0.25) is 5.02 Å². The third-order valence-electron chi connectivity index (χ3n) is 2.38. The molecule has 1 rings (SSSR count). The summed E-state index contributed by atoms with van der Waals surface area (Å²) >= 11 is 5.82. The maximum atomic E-state index is 9.04. The SMILES string of the molecule is CC(CO)N(C)c1cc(CO)c(Cl)cn1. The summed E-state index contributed by atoms with van der Waals surface area (Å²) in [6.45, 7) is 1.82. The molecule has 1 unspecified atom stereocenters. The molecule has 1 aromatic rings. The largest absolute Gasteiger partial charge is 0.394 e. The van der Waals surface area contributed by atoms with Crippen LogP contribution in [-0.4, -0.2) is 34.9 Å². The van der Waals surface area contributed by atoms with E-state index in [0.29, 0.717) is 16.4 Å². The molecule has 0 fully saturated rings. The number of rotatable bonds is 4. The summed E-state index contributed by atoms with van der Waals surface area (Å²) < 4.78 is 0. The molecule has 0 bridgehead atoms. The first-order valence-corrected chi connectivity index (χ1v) is 5.07. The zero-order valence-electron chi connectivity index (χ0n) is 8.81. The van der Waals surface area contributed by atoms with Gasteiger partial charge in [0.05, 0.1) is 24.3 Å². The smallest absolute Gasteiger partial charge is 0.129 e. The lowest BCUT2D eigenvalue weighted by molar-refractivity contribution is 0.269. The highest BCUT2D eigenvalue weighted by Crippen LogP contribution is 2.20. The molecule has 0 aliphatic rings. The second-order valence-electron chi connectivity index (χ2n) is 3.43. The van der Waals surface area contributed by atoms with Gasteiger partial charge in [0.2, 0.25) is 0 Å². The van der Waals surface area contributed by atoms with E-state index in [-0.39, 0.29) is 19.3 Å². The van der Waals surface area contributed by atoms with Gasteiger partial charge in [0.15, 0.2) is 0 Å². The van der Waals surface area contributed by atoms with Crippen LogP contribution in [0.5, 0.6) is 0 Å². The van der Waals surface area contributed by atoms with Gasteiger partial charge < -0.3 is 15.1 Å². The maximum Gasteiger partial charge on any atom is 0.129 e. The van der Waals surface area contributed by atoms with Crippen LogP contribution in [0.25, 0.3) is 0 Å². The van der Waals surface area contributed by atoms with Crippen molar-refractivity contribution in [3.05, 3.63) is 22.8 Å². The van der Waals surface area contributed by atoms with E-state index in [1.54, 1.807) is 6.07 Å². The molecule has 0 aromatic carbocycles. The van der Waals surface area contributed by atoms with Crippen LogP contribution in [0.4, 0.5) is 5.82 Å². The molecule has 0 aliphatic carbocycles. The lowest BCUT2D eigenvalue weighted by atomic mass is 10.2. The predicted octanol–water partition coefficient (Wildman–Crippen LogP) is 1.04. The van der Waals surface area contributed by atoms with E-state index in [2.05, 4.69) is 4.98 Å². The van der Waals surface area contributed by atoms with Crippen molar-refractivity contribution in [2.75, 3.05) is 18.6 Å². The number of nitrogens with zero attached hydrogens (tertiary/aromatic N) is 2. The van der Waals surface area contributed by atoms with Gasteiger partial charge in [-0.25, -0.2) is 4.98 Å². The van der Waals surface area contributed by atoms with Crippen molar-refractivity contribution in [1.29, 1.82) is 0 Å². The summed E-state index contributed by atoms with van der Waals surface area (Å²) in [6.07, 6.45) is 1.50. The minimum Gasteiger partial charge on any atom is -0.394 e. The topological polar surface area (TPSA) is 56.6 Å². The van der Waals surface area contributed by atoms with E-state index in [1.165, 1.54) is 6.20 Å². The van der Waals surface area contributed by atoms with Gasteiger partial charge in [-0.1, -0.05) is 11.6 Å². The minimum atomic E-state index is -0.115. The van der Waals surface area contributed by atoms with Crippen molar-refractivity contribution in [2.24, 2.45) is 0 Å². The standard InChI is InChI=1S/C10H15ClN2O2/c1-7(5-14)13(2)10-3-8(6-15)9(11)4-12-10/h3-4,7,14-15H,5-6H2,1-2H3. The molecule has 0 saturated heterocycles. The van der Waals surface area contributed by atoms with Crippen LogP contribution in [0.1, 0.15) is 12.5 Å². The third-order valence-corrected chi connectivity index (χ3v) is 2.72. The summed E-state index contributed by atoms with van der Waals surface area (Å²) in [4.78, 5) is 5.96. The lowest BCUT2D eigenvalue weighted by Gasteiger charge is -2.24. The summed E-state index contributed by atoms with van der Waals surface area (Å²) in [5, 5.41) is 18.5. The number of anilines is 1. The van der Waals surface area contributed by atoms with Crippen LogP contribution in [-0.2, 0) is 6.61 Å². The minimum absolute atomic E-state index is 0.0229. The Bertz CT molecular complexity index is 333. The molecule has 2 N–H and O–H groups in total. The van der Waals surface area contributed by atoms with E-state index in [9.17, 15) is 0 Å². The fourth-order valence-corrected chi connectivity index (χ4v) is 1.29. The first-order chi connectivity index (χ1) is 7.10. The van der Waals surface area contributed by atoms with Crippen molar-refractivity contribution < 1.29 is 10.2 Å². The lowest BCUT2D eigenvalue weighted by Crippen LogP contribution is -2.32. The fraction of sp³-hybridized carbons (Fsp3) is 0.500. The Morgan fingerprint density at radius 3 is 2.73 bits per heavy atom. The molecule has 0 amide bonds. The second kappa shape index (κ2) is 5.30. The molecule has 15 heavy (non-hydrogen) atoms. The number of aromatic nitrogens is 1. The average molecular weight is 231 g/mol. The maximum absolute atomic E-state index is 9.04. The number of hydrogen-bond donors (Lipinski definition) is 2. The Morgan fingerprint density at radius 1 is 1.53 bits per heavy atom. The summed E-state index contributed by atoms with van der Waals surface area (Å²) in [7, 11) is 1.83. The van der Waals surface area contributed by atoms with Crippen molar-refractivity contribution in [1.82, 2.24) is 4.98 Å². The van der Waals surface area contributed by atoms with Gasteiger partial charge in [0.25, 0.3) is 0 Å². The molecule has 0 aliphatic heterocycles. The molecule has 0 saturated carbocycles. The molecular formula is C10H15ClN2O2. The molecule has 0 radical (unpaired) electrons. The number of aliphatic hydroxyl groups is 2. The molecule has 4 nitrogen and oxygen atoms in total. The predicted molar refractivity (Wildman–Crippen MR) is 60.1 cm³/mol. The molecular weight excluding hydrogens is 216 g/mol.